The van der Waals surface area contributed by atoms with Gasteiger partial charge in [0.25, 0.3) is 0 Å². The van der Waals surface area contributed by atoms with E-state index in [-0.39, 0.29) is 11.8 Å². The smallest absolute Gasteiger partial charge is 0.236 e. The molecule has 0 aromatic carbocycles. The molecular formula is C21H36N4O2. The van der Waals surface area contributed by atoms with Crippen molar-refractivity contribution >= 4 is 11.8 Å². The number of hydrogen-bond donors (Lipinski definition) is 1. The first-order valence-electron chi connectivity index (χ1n) is 11.0. The molecule has 1 aliphatic carbocycles. The Balaban J connectivity index is 1.22. The van der Waals surface area contributed by atoms with Gasteiger partial charge in [0.1, 0.15) is 0 Å². The van der Waals surface area contributed by atoms with Gasteiger partial charge in [-0.3, -0.25) is 14.5 Å². The molecule has 3 atom stereocenters. The molecule has 1 saturated carbocycles. The van der Waals surface area contributed by atoms with Crippen molar-refractivity contribution in [1.82, 2.24) is 20.0 Å². The van der Waals surface area contributed by atoms with Gasteiger partial charge in [0.15, 0.2) is 0 Å². The van der Waals surface area contributed by atoms with Crippen molar-refractivity contribution in [3.63, 3.8) is 0 Å². The highest BCUT2D eigenvalue weighted by Gasteiger charge is 2.58. The van der Waals surface area contributed by atoms with Crippen LogP contribution in [0, 0.1) is 23.2 Å². The van der Waals surface area contributed by atoms with Crippen molar-refractivity contribution in [3.8, 4) is 0 Å². The molecule has 0 aromatic heterocycles. The molecule has 4 aliphatic rings. The van der Waals surface area contributed by atoms with Crippen molar-refractivity contribution in [1.29, 1.82) is 0 Å². The lowest BCUT2D eigenvalue weighted by molar-refractivity contribution is -0.137. The Hall–Kier alpha value is -1.14. The van der Waals surface area contributed by atoms with Crippen LogP contribution in [-0.4, -0.2) is 85.4 Å². The normalized spacial score (nSPS) is 33.9. The van der Waals surface area contributed by atoms with Gasteiger partial charge < -0.3 is 15.1 Å². The lowest BCUT2D eigenvalue weighted by Gasteiger charge is -2.38. The molecule has 4 fully saturated rings. The summed E-state index contributed by atoms with van der Waals surface area (Å²) in [5.74, 6) is 2.12. The summed E-state index contributed by atoms with van der Waals surface area (Å²) in [6.45, 7) is 12.2. The van der Waals surface area contributed by atoms with Crippen molar-refractivity contribution in [2.24, 2.45) is 23.2 Å². The van der Waals surface area contributed by atoms with E-state index in [0.717, 1.165) is 71.6 Å². The summed E-state index contributed by atoms with van der Waals surface area (Å²) in [6, 6.07) is 0. The minimum absolute atomic E-state index is 0.268. The molecule has 3 aliphatic heterocycles. The first-order valence-corrected chi connectivity index (χ1v) is 11.0. The summed E-state index contributed by atoms with van der Waals surface area (Å²) in [5.41, 5.74) is 0.317. The van der Waals surface area contributed by atoms with E-state index in [1.165, 1.54) is 6.42 Å². The molecule has 1 spiro atoms. The standard InChI is InChI=1S/C21H36N4O2/c1-16-11-17(2)14-25(13-16)19(26)15-23-7-9-24(10-8-23)20(27)18-12-21(18)3-5-22-6-4-21/h16-18,22H,3-15H2,1-2H3. The van der Waals surface area contributed by atoms with Crippen LogP contribution in [0.2, 0.25) is 0 Å². The van der Waals surface area contributed by atoms with Gasteiger partial charge in [-0.05, 0) is 56.0 Å². The topological polar surface area (TPSA) is 55.9 Å². The molecule has 0 aromatic rings. The summed E-state index contributed by atoms with van der Waals surface area (Å²) < 4.78 is 0. The van der Waals surface area contributed by atoms with Gasteiger partial charge in [-0.1, -0.05) is 13.8 Å². The molecule has 1 N–H and O–H groups in total. The number of carbonyl (C=O) groups is 2. The molecule has 6 nitrogen and oxygen atoms in total. The minimum atomic E-state index is 0.268. The second kappa shape index (κ2) is 7.70. The number of nitrogens with zero attached hydrogens (tertiary/aromatic N) is 3. The van der Waals surface area contributed by atoms with Gasteiger partial charge in [0, 0.05) is 45.2 Å². The Morgan fingerprint density at radius 2 is 1.59 bits per heavy atom. The van der Waals surface area contributed by atoms with Crippen molar-refractivity contribution in [2.75, 3.05) is 58.9 Å². The number of carbonyl (C=O) groups excluding carboxylic acids is 2. The largest absolute Gasteiger partial charge is 0.341 e. The zero-order chi connectivity index (χ0) is 19.0. The molecule has 2 amide bonds. The molecule has 0 radical (unpaired) electrons. The summed E-state index contributed by atoms with van der Waals surface area (Å²) in [4.78, 5) is 31.9. The van der Waals surface area contributed by atoms with Crippen LogP contribution < -0.4 is 5.32 Å². The number of nitrogens with one attached hydrogen (secondary N) is 1. The van der Waals surface area contributed by atoms with Gasteiger partial charge in [0.05, 0.1) is 6.54 Å². The number of piperazine rings is 1. The second-order valence-corrected chi connectivity index (χ2v) is 9.72. The van der Waals surface area contributed by atoms with E-state index in [4.69, 9.17) is 0 Å². The Bertz CT molecular complexity index is 557. The van der Waals surface area contributed by atoms with E-state index in [1.807, 2.05) is 0 Å². The molecule has 3 saturated heterocycles. The quantitative estimate of drug-likeness (QED) is 0.799. The van der Waals surface area contributed by atoms with Crippen LogP contribution >= 0.6 is 0 Å². The Morgan fingerprint density at radius 1 is 0.963 bits per heavy atom. The van der Waals surface area contributed by atoms with Crippen LogP contribution in [0.15, 0.2) is 0 Å². The van der Waals surface area contributed by atoms with Crippen LogP contribution in [0.3, 0.4) is 0 Å². The third-order valence-corrected chi connectivity index (χ3v) is 7.35. The highest BCUT2D eigenvalue weighted by molar-refractivity contribution is 5.83. The second-order valence-electron chi connectivity index (χ2n) is 9.72. The molecular weight excluding hydrogens is 340 g/mol. The monoisotopic (exact) mass is 376 g/mol. The maximum absolute atomic E-state index is 12.9. The predicted octanol–water partition coefficient (Wildman–Crippen LogP) is 1.02. The lowest BCUT2D eigenvalue weighted by atomic mass is 9.91. The first kappa shape index (κ1) is 19.2. The van der Waals surface area contributed by atoms with E-state index in [1.54, 1.807) is 0 Å². The number of hydrogen-bond acceptors (Lipinski definition) is 4. The average Bonchev–Trinajstić information content (AvgIpc) is 3.34. The van der Waals surface area contributed by atoms with E-state index in [9.17, 15) is 9.59 Å². The van der Waals surface area contributed by atoms with Gasteiger partial charge in [-0.2, -0.15) is 0 Å². The summed E-state index contributed by atoms with van der Waals surface area (Å²) in [7, 11) is 0. The zero-order valence-electron chi connectivity index (χ0n) is 17.1. The van der Waals surface area contributed by atoms with E-state index >= 15 is 0 Å². The van der Waals surface area contributed by atoms with Gasteiger partial charge in [0.2, 0.25) is 11.8 Å². The summed E-state index contributed by atoms with van der Waals surface area (Å²) in [6.07, 6.45) is 4.63. The van der Waals surface area contributed by atoms with Gasteiger partial charge in [-0.15, -0.1) is 0 Å². The fraction of sp³-hybridized carbons (Fsp3) is 0.905. The maximum atomic E-state index is 12.9. The Kier molecular flexibility index (Phi) is 5.48. The molecule has 152 valence electrons. The number of likely N-dealkylation sites (tertiary alicyclic amines) is 1. The molecule has 3 unspecified atom stereocenters. The van der Waals surface area contributed by atoms with Gasteiger partial charge >= 0.3 is 0 Å². The number of amides is 2. The maximum Gasteiger partial charge on any atom is 0.236 e. The third kappa shape index (κ3) is 4.16. The van der Waals surface area contributed by atoms with Crippen LogP contribution in [-0.2, 0) is 9.59 Å². The first-order chi connectivity index (χ1) is 13.0. The van der Waals surface area contributed by atoms with Gasteiger partial charge in [-0.25, -0.2) is 0 Å². The molecule has 27 heavy (non-hydrogen) atoms. The SMILES string of the molecule is CC1CC(C)CN(C(=O)CN2CCN(C(=O)C3CC34CCNCC4)CC2)C1. The predicted molar refractivity (Wildman–Crippen MR) is 105 cm³/mol. The fourth-order valence-corrected chi connectivity index (χ4v) is 5.68. The number of rotatable bonds is 3. The Morgan fingerprint density at radius 3 is 2.22 bits per heavy atom. The highest BCUT2D eigenvalue weighted by atomic mass is 16.2. The zero-order valence-corrected chi connectivity index (χ0v) is 17.1. The average molecular weight is 377 g/mol. The molecule has 6 heteroatoms. The summed E-state index contributed by atoms with van der Waals surface area (Å²) in [5, 5.41) is 3.41. The summed E-state index contributed by atoms with van der Waals surface area (Å²) >= 11 is 0. The van der Waals surface area contributed by atoms with Crippen LogP contribution in [0.1, 0.15) is 39.5 Å². The van der Waals surface area contributed by atoms with Crippen molar-refractivity contribution < 1.29 is 9.59 Å². The van der Waals surface area contributed by atoms with Crippen molar-refractivity contribution in [3.05, 3.63) is 0 Å². The fourth-order valence-electron chi connectivity index (χ4n) is 5.68. The molecule has 0 bridgehead atoms. The van der Waals surface area contributed by atoms with Crippen molar-refractivity contribution in [2.45, 2.75) is 39.5 Å². The minimum Gasteiger partial charge on any atom is -0.341 e. The highest BCUT2D eigenvalue weighted by Crippen LogP contribution is 2.59. The molecule has 4 rings (SSSR count). The lowest BCUT2D eigenvalue weighted by Crippen LogP contribution is -2.53. The van der Waals surface area contributed by atoms with E-state index < -0.39 is 0 Å². The van der Waals surface area contributed by atoms with Crippen LogP contribution in [0.5, 0.6) is 0 Å². The Labute approximate surface area is 163 Å². The molecule has 3 heterocycles. The number of piperidine rings is 2. The van der Waals surface area contributed by atoms with E-state index in [2.05, 4.69) is 33.9 Å². The van der Waals surface area contributed by atoms with E-state index in [0.29, 0.717) is 29.7 Å². The van der Waals surface area contributed by atoms with Crippen LogP contribution in [0.25, 0.3) is 0 Å². The van der Waals surface area contributed by atoms with Crippen LogP contribution in [0.4, 0.5) is 0 Å². The third-order valence-electron chi connectivity index (χ3n) is 7.35.